The molecule has 0 fully saturated rings. The van der Waals surface area contributed by atoms with Gasteiger partial charge in [-0.1, -0.05) is 36.4 Å². The summed E-state index contributed by atoms with van der Waals surface area (Å²) in [4.78, 5) is 3.37. The standard InChI is InChI=1S/C30H43N2O9P3/c1-7-36-42(38-22-25-13-10-16-28(19-25)33-4)31-44(40-9-3,41-24-27-15-12-18-30(21-27)35-6)32-43(37-8-2)39-23-26-14-11-17-29(20-26)34-5/h10-21,31H,7-9,22-24H2,1-6H3/q+2. The van der Waals surface area contributed by atoms with Crippen LogP contribution in [0.15, 0.2) is 77.3 Å². The lowest BCUT2D eigenvalue weighted by Crippen LogP contribution is -2.17. The summed E-state index contributed by atoms with van der Waals surface area (Å²) in [6.07, 6.45) is 0. The predicted octanol–water partition coefficient (Wildman–Crippen LogP) is 8.76. The molecule has 3 aromatic rings. The molecular weight excluding hydrogens is 625 g/mol. The third-order valence-electron chi connectivity index (χ3n) is 5.69. The van der Waals surface area contributed by atoms with Crippen LogP contribution in [0.4, 0.5) is 0 Å². The molecule has 3 unspecified atom stereocenters. The monoisotopic (exact) mass is 668 g/mol. The molecule has 0 aliphatic rings. The lowest BCUT2D eigenvalue weighted by molar-refractivity contribution is 0.214. The van der Waals surface area contributed by atoms with E-state index in [0.29, 0.717) is 25.6 Å². The van der Waals surface area contributed by atoms with Gasteiger partial charge in [0.05, 0.1) is 41.2 Å². The van der Waals surface area contributed by atoms with E-state index < -0.39 is 24.7 Å². The van der Waals surface area contributed by atoms with Gasteiger partial charge in [-0.2, -0.15) is 9.05 Å². The Kier molecular flexibility index (Phi) is 16.4. The number of nitrogens with zero attached hydrogens (tertiary/aromatic N) is 1. The van der Waals surface area contributed by atoms with Gasteiger partial charge in [0.15, 0.2) is 0 Å². The van der Waals surface area contributed by atoms with Gasteiger partial charge in [0, 0.05) is 0 Å². The van der Waals surface area contributed by atoms with Crippen LogP contribution in [0.2, 0.25) is 0 Å². The highest BCUT2D eigenvalue weighted by Crippen LogP contribution is 2.68. The number of ether oxygens (including phenoxy) is 3. The Morgan fingerprint density at radius 3 is 1.68 bits per heavy atom. The fourth-order valence-corrected chi connectivity index (χ4v) is 9.41. The van der Waals surface area contributed by atoms with Crippen molar-refractivity contribution in [3.63, 3.8) is 0 Å². The molecule has 3 atom stereocenters. The SMILES string of the molecule is CCOP(N[P+](N=[P+](OCC)OCc1cccc(OC)c1)(OCC)OCc1cccc(OC)c1)OCc1cccc(OC)c1. The molecule has 0 saturated carbocycles. The first-order valence-corrected chi connectivity index (χ1v) is 18.0. The second-order valence-electron chi connectivity index (χ2n) is 8.83. The first kappa shape index (κ1) is 36.2. The summed E-state index contributed by atoms with van der Waals surface area (Å²) in [6, 6.07) is 22.9. The van der Waals surface area contributed by atoms with Crippen LogP contribution in [-0.2, 0) is 47.0 Å². The third-order valence-corrected chi connectivity index (χ3v) is 11.7. The fourth-order valence-electron chi connectivity index (χ4n) is 3.66. The third kappa shape index (κ3) is 12.3. The number of rotatable bonds is 21. The van der Waals surface area contributed by atoms with Crippen LogP contribution in [-0.4, -0.2) is 41.2 Å². The molecule has 11 nitrogen and oxygen atoms in total. The van der Waals surface area contributed by atoms with Gasteiger partial charge in [0.25, 0.3) is 8.53 Å². The Bertz CT molecular complexity index is 1300. The molecule has 0 amide bonds. The lowest BCUT2D eigenvalue weighted by Gasteiger charge is -2.21. The van der Waals surface area contributed by atoms with Crippen molar-refractivity contribution in [1.82, 2.24) is 4.86 Å². The lowest BCUT2D eigenvalue weighted by atomic mass is 10.2. The Hall–Kier alpha value is -2.26. The molecule has 240 valence electrons. The smallest absolute Gasteiger partial charge is 0.497 e. The Labute approximate surface area is 263 Å². The minimum atomic E-state index is -3.29. The zero-order valence-corrected chi connectivity index (χ0v) is 28.8. The van der Waals surface area contributed by atoms with Gasteiger partial charge >= 0.3 is 16.2 Å². The summed E-state index contributed by atoms with van der Waals surface area (Å²) >= 11 is 0. The van der Waals surface area contributed by atoms with Crippen molar-refractivity contribution < 1.29 is 41.4 Å². The van der Waals surface area contributed by atoms with Crippen LogP contribution < -0.4 is 19.1 Å². The first-order chi connectivity index (χ1) is 21.5. The van der Waals surface area contributed by atoms with E-state index in [1.54, 1.807) is 21.3 Å². The number of nitrogens with one attached hydrogen (secondary N) is 1. The van der Waals surface area contributed by atoms with Crippen LogP contribution in [0.3, 0.4) is 0 Å². The normalized spacial score (nSPS) is 13.7. The molecule has 0 aromatic heterocycles. The summed E-state index contributed by atoms with van der Waals surface area (Å²) in [7, 11) is -1.93. The van der Waals surface area contributed by atoms with E-state index in [9.17, 15) is 0 Å². The summed E-state index contributed by atoms with van der Waals surface area (Å²) in [5.41, 5.74) is 2.71. The average molecular weight is 669 g/mol. The van der Waals surface area contributed by atoms with Crippen LogP contribution in [0.5, 0.6) is 17.2 Å². The summed E-state index contributed by atoms with van der Waals surface area (Å²) in [6.45, 7) is 7.43. The molecule has 14 heteroatoms. The molecule has 0 spiro atoms. The van der Waals surface area contributed by atoms with Crippen molar-refractivity contribution in [2.24, 2.45) is 4.52 Å². The maximum Gasteiger partial charge on any atom is 0.605 e. The van der Waals surface area contributed by atoms with Gasteiger partial charge in [-0.25, -0.2) is 0 Å². The molecule has 0 heterocycles. The highest BCUT2D eigenvalue weighted by Gasteiger charge is 2.55. The zero-order valence-electron chi connectivity index (χ0n) is 26.1. The average Bonchev–Trinajstić information content (AvgIpc) is 3.06. The van der Waals surface area contributed by atoms with E-state index in [2.05, 4.69) is 4.86 Å². The van der Waals surface area contributed by atoms with Gasteiger partial charge in [-0.15, -0.1) is 9.05 Å². The zero-order chi connectivity index (χ0) is 31.6. The maximum atomic E-state index is 6.51. The summed E-state index contributed by atoms with van der Waals surface area (Å²) in [5.74, 6) is 2.19. The number of methoxy groups -OCH3 is 3. The number of hydrogen-bond donors (Lipinski definition) is 1. The van der Waals surface area contributed by atoms with E-state index in [0.717, 1.165) is 28.2 Å². The van der Waals surface area contributed by atoms with E-state index in [4.69, 9.17) is 45.9 Å². The fraction of sp³-hybridized carbons (Fsp3) is 0.400. The minimum Gasteiger partial charge on any atom is -0.497 e. The van der Waals surface area contributed by atoms with Gasteiger partial charge in [0.1, 0.15) is 37.1 Å². The highest BCUT2D eigenvalue weighted by molar-refractivity contribution is 7.74. The predicted molar refractivity (Wildman–Crippen MR) is 175 cm³/mol. The van der Waals surface area contributed by atoms with Gasteiger partial charge < -0.3 is 23.3 Å². The quantitative estimate of drug-likeness (QED) is 0.111. The summed E-state index contributed by atoms with van der Waals surface area (Å²) in [5, 5.41) is 0. The van der Waals surface area contributed by atoms with Crippen molar-refractivity contribution in [1.29, 1.82) is 0 Å². The van der Waals surface area contributed by atoms with Crippen LogP contribution in [0.25, 0.3) is 0 Å². The van der Waals surface area contributed by atoms with Gasteiger partial charge in [0.2, 0.25) is 4.52 Å². The molecule has 0 bridgehead atoms. The Balaban J connectivity index is 1.92. The van der Waals surface area contributed by atoms with Crippen molar-refractivity contribution in [3.8, 4) is 17.2 Å². The van der Waals surface area contributed by atoms with Crippen molar-refractivity contribution in [2.75, 3.05) is 41.2 Å². The topological polar surface area (TPSA) is 107 Å². The van der Waals surface area contributed by atoms with Crippen LogP contribution >= 0.6 is 24.7 Å². The molecule has 0 saturated heterocycles. The van der Waals surface area contributed by atoms with Crippen molar-refractivity contribution in [2.45, 2.75) is 40.6 Å². The van der Waals surface area contributed by atoms with Crippen molar-refractivity contribution >= 4 is 24.7 Å². The van der Waals surface area contributed by atoms with Gasteiger partial charge in [-0.3, -0.25) is 0 Å². The number of benzene rings is 3. The molecule has 0 radical (unpaired) electrons. The Morgan fingerprint density at radius 1 is 0.636 bits per heavy atom. The maximum absolute atomic E-state index is 6.51. The van der Waals surface area contributed by atoms with E-state index in [-0.39, 0.29) is 19.8 Å². The van der Waals surface area contributed by atoms with Crippen LogP contribution in [0, 0.1) is 0 Å². The highest BCUT2D eigenvalue weighted by atomic mass is 31.3. The largest absolute Gasteiger partial charge is 0.605 e. The molecule has 1 N–H and O–H groups in total. The molecule has 44 heavy (non-hydrogen) atoms. The first-order valence-electron chi connectivity index (χ1n) is 14.2. The minimum absolute atomic E-state index is 0.178. The molecule has 0 aliphatic heterocycles. The molecule has 3 aromatic carbocycles. The Morgan fingerprint density at radius 2 is 1.18 bits per heavy atom. The second-order valence-corrected chi connectivity index (χ2v) is 13.9. The van der Waals surface area contributed by atoms with Crippen molar-refractivity contribution in [3.05, 3.63) is 89.5 Å². The van der Waals surface area contributed by atoms with E-state index >= 15 is 0 Å². The van der Waals surface area contributed by atoms with Gasteiger partial charge in [-0.05, 0) is 78.7 Å². The molecular formula is C30H43N2O9P3+2. The van der Waals surface area contributed by atoms with E-state index in [1.807, 2.05) is 93.6 Å². The van der Waals surface area contributed by atoms with Crippen LogP contribution in [0.1, 0.15) is 37.5 Å². The number of hydrogen-bond acceptors (Lipinski definition) is 11. The second kappa shape index (κ2) is 20.0. The summed E-state index contributed by atoms with van der Waals surface area (Å²) < 4.78 is 58.3. The molecule has 0 aliphatic carbocycles. The van der Waals surface area contributed by atoms with E-state index in [1.165, 1.54) is 0 Å². The molecule has 3 rings (SSSR count).